The molecule has 2 rings (SSSR count). The molecule has 0 bridgehead atoms. The number of allylic oxidation sites excluding steroid dienone is 1. The van der Waals surface area contributed by atoms with Crippen LogP contribution in [0.2, 0.25) is 0 Å². The van der Waals surface area contributed by atoms with Gasteiger partial charge in [-0.05, 0) is 25.0 Å². The van der Waals surface area contributed by atoms with Crippen molar-refractivity contribution in [2.45, 2.75) is 26.0 Å². The van der Waals surface area contributed by atoms with Gasteiger partial charge in [-0.1, -0.05) is 43.0 Å². The lowest BCUT2D eigenvalue weighted by Gasteiger charge is -2.20. The Hall–Kier alpha value is -3.08. The van der Waals surface area contributed by atoms with Gasteiger partial charge in [-0.25, -0.2) is 4.79 Å². The third-order valence-corrected chi connectivity index (χ3v) is 3.79. The van der Waals surface area contributed by atoms with E-state index in [0.29, 0.717) is 18.1 Å². The Kier molecular flexibility index (Phi) is 6.97. The topological polar surface area (TPSA) is 57.5 Å². The van der Waals surface area contributed by atoms with Gasteiger partial charge in [0, 0.05) is 17.8 Å². The number of aromatic nitrogens is 1. The van der Waals surface area contributed by atoms with E-state index in [1.165, 1.54) is 16.7 Å². The molecule has 0 amide bonds. The van der Waals surface area contributed by atoms with Gasteiger partial charge in [0.2, 0.25) is 0 Å². The van der Waals surface area contributed by atoms with E-state index in [4.69, 9.17) is 9.47 Å². The fraction of sp³-hybridized carbons (Fsp3) is 0.238. The van der Waals surface area contributed by atoms with Crippen LogP contribution in [0.1, 0.15) is 30.6 Å². The van der Waals surface area contributed by atoms with Crippen molar-refractivity contribution in [2.24, 2.45) is 0 Å². The van der Waals surface area contributed by atoms with Crippen molar-refractivity contribution < 1.29 is 14.3 Å². The Labute approximate surface area is 153 Å². The number of benzene rings is 1. The number of pyridine rings is 1. The lowest BCUT2D eigenvalue weighted by atomic mass is 10.1. The quantitative estimate of drug-likeness (QED) is 0.509. The van der Waals surface area contributed by atoms with Crippen LogP contribution in [0.5, 0.6) is 5.75 Å². The summed E-state index contributed by atoms with van der Waals surface area (Å²) in [5, 5.41) is 0. The molecule has 0 spiro atoms. The van der Waals surface area contributed by atoms with E-state index in [9.17, 15) is 9.59 Å². The molecule has 0 radical (unpaired) electrons. The number of carbonyl (C=O) groups is 1. The molecule has 1 unspecified atom stereocenters. The lowest BCUT2D eigenvalue weighted by Crippen LogP contribution is -2.32. The number of nitrogens with zero attached hydrogens (tertiary/aromatic N) is 1. The van der Waals surface area contributed by atoms with Crippen LogP contribution in [-0.4, -0.2) is 17.1 Å². The second-order valence-corrected chi connectivity index (χ2v) is 5.59. The van der Waals surface area contributed by atoms with Crippen molar-refractivity contribution in [3.05, 3.63) is 83.3 Å². The van der Waals surface area contributed by atoms with E-state index < -0.39 is 12.0 Å². The molecule has 1 heterocycles. The Morgan fingerprint density at radius 1 is 1.23 bits per heavy atom. The fourth-order valence-electron chi connectivity index (χ4n) is 2.59. The normalized spacial score (nSPS) is 11.4. The number of esters is 1. The Bertz CT molecular complexity index is 824. The zero-order valence-electron chi connectivity index (χ0n) is 14.9. The van der Waals surface area contributed by atoms with Gasteiger partial charge in [-0.3, -0.25) is 9.36 Å². The highest BCUT2D eigenvalue weighted by Gasteiger charge is 2.23. The zero-order valence-corrected chi connectivity index (χ0v) is 14.9. The van der Waals surface area contributed by atoms with Crippen LogP contribution in [-0.2, 0) is 16.1 Å². The average molecular weight is 353 g/mol. The lowest BCUT2D eigenvalue weighted by molar-refractivity contribution is -0.147. The standard InChI is InChI=1S/C21H23NO4/c1-4-10-19(21(24)25-6-3)22-17(5-2)13-18(14-20(22)23)26-15-16-11-8-7-9-12-16/h4-5,7-9,11-14,19H,1-2,6,10,15H2,3H3. The molecule has 2 aromatic rings. The first-order valence-corrected chi connectivity index (χ1v) is 8.44. The molecular formula is C21H23NO4. The maximum atomic E-state index is 12.6. The second kappa shape index (κ2) is 9.42. The first-order valence-electron chi connectivity index (χ1n) is 8.44. The minimum Gasteiger partial charge on any atom is -0.489 e. The molecule has 0 saturated heterocycles. The summed E-state index contributed by atoms with van der Waals surface area (Å²) in [4.78, 5) is 24.9. The third kappa shape index (κ3) is 4.72. The summed E-state index contributed by atoms with van der Waals surface area (Å²) in [5.74, 6) is -0.0539. The number of carbonyl (C=O) groups excluding carboxylic acids is 1. The smallest absolute Gasteiger partial charge is 0.329 e. The van der Waals surface area contributed by atoms with Crippen LogP contribution in [0.3, 0.4) is 0 Å². The summed E-state index contributed by atoms with van der Waals surface area (Å²) in [6, 6.07) is 11.9. The van der Waals surface area contributed by atoms with Gasteiger partial charge in [0.25, 0.3) is 5.56 Å². The van der Waals surface area contributed by atoms with Crippen molar-refractivity contribution in [1.82, 2.24) is 4.57 Å². The Morgan fingerprint density at radius 3 is 2.58 bits per heavy atom. The minimum absolute atomic E-state index is 0.239. The zero-order chi connectivity index (χ0) is 18.9. The van der Waals surface area contributed by atoms with Crippen LogP contribution in [0.25, 0.3) is 6.08 Å². The maximum Gasteiger partial charge on any atom is 0.329 e. The SMILES string of the molecule is C=CCC(C(=O)OCC)n1c(C=C)cc(OCc2ccccc2)cc1=O. The molecule has 1 aromatic heterocycles. The predicted octanol–water partition coefficient (Wildman–Crippen LogP) is 3.75. The molecule has 136 valence electrons. The molecule has 1 atom stereocenters. The summed E-state index contributed by atoms with van der Waals surface area (Å²) in [6.07, 6.45) is 3.39. The van der Waals surface area contributed by atoms with E-state index in [1.54, 1.807) is 19.1 Å². The molecule has 26 heavy (non-hydrogen) atoms. The fourth-order valence-corrected chi connectivity index (χ4v) is 2.59. The first-order chi connectivity index (χ1) is 12.6. The number of ether oxygens (including phenoxy) is 2. The third-order valence-electron chi connectivity index (χ3n) is 3.79. The van der Waals surface area contributed by atoms with E-state index >= 15 is 0 Å². The van der Waals surface area contributed by atoms with Gasteiger partial charge in [0.1, 0.15) is 18.4 Å². The monoisotopic (exact) mass is 353 g/mol. The van der Waals surface area contributed by atoms with Crippen LogP contribution in [0.4, 0.5) is 0 Å². The highest BCUT2D eigenvalue weighted by Crippen LogP contribution is 2.20. The minimum atomic E-state index is -0.781. The predicted molar refractivity (Wildman–Crippen MR) is 102 cm³/mol. The van der Waals surface area contributed by atoms with Gasteiger partial charge in [0.15, 0.2) is 0 Å². The van der Waals surface area contributed by atoms with Crippen molar-refractivity contribution >= 4 is 12.0 Å². The van der Waals surface area contributed by atoms with Crippen molar-refractivity contribution in [3.8, 4) is 5.75 Å². The summed E-state index contributed by atoms with van der Waals surface area (Å²) in [5.41, 5.74) is 1.12. The molecule has 5 heteroatoms. The highest BCUT2D eigenvalue weighted by atomic mass is 16.5. The maximum absolute atomic E-state index is 12.6. The second-order valence-electron chi connectivity index (χ2n) is 5.59. The van der Waals surface area contributed by atoms with Gasteiger partial charge in [-0.15, -0.1) is 6.58 Å². The van der Waals surface area contributed by atoms with E-state index in [1.807, 2.05) is 30.3 Å². The molecule has 0 aliphatic rings. The first kappa shape index (κ1) is 19.2. The molecule has 0 aliphatic heterocycles. The van der Waals surface area contributed by atoms with Crippen molar-refractivity contribution in [1.29, 1.82) is 0 Å². The molecule has 1 aromatic carbocycles. The van der Waals surface area contributed by atoms with Crippen LogP contribution >= 0.6 is 0 Å². The highest BCUT2D eigenvalue weighted by molar-refractivity contribution is 5.75. The molecule has 0 saturated carbocycles. The van der Waals surface area contributed by atoms with E-state index in [-0.39, 0.29) is 18.6 Å². The molecule has 0 N–H and O–H groups in total. The average Bonchev–Trinajstić information content (AvgIpc) is 2.65. The number of hydrogen-bond donors (Lipinski definition) is 0. The molecule has 5 nitrogen and oxygen atoms in total. The van der Waals surface area contributed by atoms with Gasteiger partial charge in [-0.2, -0.15) is 0 Å². The van der Waals surface area contributed by atoms with Crippen molar-refractivity contribution in [3.63, 3.8) is 0 Å². The van der Waals surface area contributed by atoms with Crippen LogP contribution in [0.15, 0.2) is 66.5 Å². The van der Waals surface area contributed by atoms with Gasteiger partial charge < -0.3 is 9.47 Å². The van der Waals surface area contributed by atoms with Crippen molar-refractivity contribution in [2.75, 3.05) is 6.61 Å². The molecular weight excluding hydrogens is 330 g/mol. The Morgan fingerprint density at radius 2 is 1.96 bits per heavy atom. The van der Waals surface area contributed by atoms with Crippen LogP contribution < -0.4 is 10.3 Å². The van der Waals surface area contributed by atoms with Crippen LogP contribution in [0, 0.1) is 0 Å². The van der Waals surface area contributed by atoms with Gasteiger partial charge in [0.05, 0.1) is 6.61 Å². The summed E-state index contributed by atoms with van der Waals surface area (Å²) in [6.45, 7) is 9.71. The number of hydrogen-bond acceptors (Lipinski definition) is 4. The summed E-state index contributed by atoms with van der Waals surface area (Å²) >= 11 is 0. The molecule has 0 aliphatic carbocycles. The summed E-state index contributed by atoms with van der Waals surface area (Å²) in [7, 11) is 0. The van der Waals surface area contributed by atoms with Gasteiger partial charge >= 0.3 is 5.97 Å². The largest absolute Gasteiger partial charge is 0.489 e. The number of rotatable bonds is 9. The summed E-state index contributed by atoms with van der Waals surface area (Å²) < 4.78 is 12.2. The van der Waals surface area contributed by atoms with E-state index in [2.05, 4.69) is 13.2 Å². The Balaban J connectivity index is 2.33. The van der Waals surface area contributed by atoms with E-state index in [0.717, 1.165) is 5.56 Å². The molecule has 0 fully saturated rings.